The van der Waals surface area contributed by atoms with Crippen molar-refractivity contribution in [2.24, 2.45) is 0 Å². The summed E-state index contributed by atoms with van der Waals surface area (Å²) in [6.07, 6.45) is 11.1. The second-order valence-corrected chi connectivity index (χ2v) is 8.63. The molecule has 1 fully saturated rings. The number of imidazole rings is 1. The molecule has 2 N–H and O–H groups in total. The molecule has 31 heavy (non-hydrogen) atoms. The highest BCUT2D eigenvalue weighted by Gasteiger charge is 2.20. The normalized spacial score (nSPS) is 14.6. The Kier molecular flexibility index (Phi) is 6.85. The number of aromatic nitrogens is 3. The first-order valence-electron chi connectivity index (χ1n) is 11.6. The lowest BCUT2D eigenvalue weighted by atomic mass is 9.95. The standard InChI is InChI=1S/C25H33N5O/c1-3-4-8-17-30(2)20-13-11-18(12-14-20)23-28-22-21(15-16-26-24(22)29-23)25(31)27-19-9-6-5-7-10-19/h11-16,19H,3-10,17H2,1-2H3,(H,27,31)(H,26,28,29). The Hall–Kier alpha value is -2.89. The number of anilines is 1. The fraction of sp³-hybridized carbons (Fsp3) is 0.480. The molecule has 0 saturated heterocycles. The summed E-state index contributed by atoms with van der Waals surface area (Å²) in [5.41, 5.74) is 4.07. The summed E-state index contributed by atoms with van der Waals surface area (Å²) < 4.78 is 0. The van der Waals surface area contributed by atoms with E-state index in [1.807, 2.05) is 0 Å². The van der Waals surface area contributed by atoms with Gasteiger partial charge >= 0.3 is 0 Å². The van der Waals surface area contributed by atoms with Gasteiger partial charge in [-0.3, -0.25) is 4.79 Å². The van der Waals surface area contributed by atoms with Crippen LogP contribution in [0.2, 0.25) is 0 Å². The van der Waals surface area contributed by atoms with Gasteiger partial charge in [0.1, 0.15) is 5.82 Å². The van der Waals surface area contributed by atoms with E-state index in [0.717, 1.165) is 30.8 Å². The Labute approximate surface area is 184 Å². The van der Waals surface area contributed by atoms with Crippen molar-refractivity contribution in [2.45, 2.75) is 64.3 Å². The molecule has 0 atom stereocenters. The molecule has 3 aromatic rings. The van der Waals surface area contributed by atoms with Crippen molar-refractivity contribution in [3.63, 3.8) is 0 Å². The fourth-order valence-corrected chi connectivity index (χ4v) is 4.35. The van der Waals surface area contributed by atoms with Crippen molar-refractivity contribution < 1.29 is 4.79 Å². The minimum atomic E-state index is -0.0430. The number of carbonyl (C=O) groups is 1. The summed E-state index contributed by atoms with van der Waals surface area (Å²) in [5.74, 6) is 0.694. The first-order chi connectivity index (χ1) is 15.2. The molecule has 1 aliphatic rings. The van der Waals surface area contributed by atoms with Gasteiger partial charge in [-0.15, -0.1) is 0 Å². The molecule has 1 aliphatic carbocycles. The Bertz CT molecular complexity index is 1000. The molecule has 2 heterocycles. The van der Waals surface area contributed by atoms with Gasteiger partial charge in [0.15, 0.2) is 5.65 Å². The van der Waals surface area contributed by atoms with Crippen LogP contribution in [0.15, 0.2) is 36.5 Å². The zero-order valence-electron chi connectivity index (χ0n) is 18.7. The first kappa shape index (κ1) is 21.3. The molecule has 6 nitrogen and oxygen atoms in total. The van der Waals surface area contributed by atoms with Crippen LogP contribution in [0, 0.1) is 0 Å². The van der Waals surface area contributed by atoms with Crippen LogP contribution in [0.25, 0.3) is 22.6 Å². The van der Waals surface area contributed by atoms with E-state index in [-0.39, 0.29) is 11.9 Å². The van der Waals surface area contributed by atoms with Crippen LogP contribution >= 0.6 is 0 Å². The van der Waals surface area contributed by atoms with Gasteiger partial charge in [0, 0.05) is 37.1 Å². The number of hydrogen-bond donors (Lipinski definition) is 2. The van der Waals surface area contributed by atoms with E-state index in [9.17, 15) is 4.79 Å². The Balaban J connectivity index is 1.51. The predicted octanol–water partition coefficient (Wildman–Crippen LogP) is 5.31. The molecule has 6 heteroatoms. The molecule has 0 unspecified atom stereocenters. The SMILES string of the molecule is CCCCCN(C)c1ccc(-c2nc3nccc(C(=O)NC4CCCCC4)c3[nH]2)cc1. The lowest BCUT2D eigenvalue weighted by Crippen LogP contribution is -2.36. The van der Waals surface area contributed by atoms with E-state index in [0.29, 0.717) is 16.7 Å². The van der Waals surface area contributed by atoms with Crippen molar-refractivity contribution in [1.82, 2.24) is 20.3 Å². The fourth-order valence-electron chi connectivity index (χ4n) is 4.35. The maximum absolute atomic E-state index is 12.9. The van der Waals surface area contributed by atoms with Crippen LogP contribution in [0.4, 0.5) is 5.69 Å². The molecular weight excluding hydrogens is 386 g/mol. The van der Waals surface area contributed by atoms with E-state index in [2.05, 4.69) is 63.4 Å². The number of aromatic amines is 1. The molecule has 1 saturated carbocycles. The van der Waals surface area contributed by atoms with Crippen LogP contribution < -0.4 is 10.2 Å². The number of benzene rings is 1. The minimum absolute atomic E-state index is 0.0430. The van der Waals surface area contributed by atoms with Gasteiger partial charge in [-0.05, 0) is 49.6 Å². The van der Waals surface area contributed by atoms with Crippen molar-refractivity contribution >= 4 is 22.8 Å². The van der Waals surface area contributed by atoms with Crippen molar-refractivity contribution in [1.29, 1.82) is 0 Å². The Morgan fingerprint density at radius 1 is 1.13 bits per heavy atom. The van der Waals surface area contributed by atoms with Crippen LogP contribution in [0.3, 0.4) is 0 Å². The van der Waals surface area contributed by atoms with Gasteiger partial charge in [-0.25, -0.2) is 9.97 Å². The molecule has 2 aromatic heterocycles. The summed E-state index contributed by atoms with van der Waals surface area (Å²) in [6.45, 7) is 3.28. The van der Waals surface area contributed by atoms with Crippen molar-refractivity contribution in [3.05, 3.63) is 42.1 Å². The van der Waals surface area contributed by atoms with Gasteiger partial charge in [0.25, 0.3) is 5.91 Å². The highest BCUT2D eigenvalue weighted by molar-refractivity contribution is 6.04. The quantitative estimate of drug-likeness (QED) is 0.485. The van der Waals surface area contributed by atoms with E-state index < -0.39 is 0 Å². The molecule has 0 radical (unpaired) electrons. The minimum Gasteiger partial charge on any atom is -0.375 e. The topological polar surface area (TPSA) is 73.9 Å². The summed E-state index contributed by atoms with van der Waals surface area (Å²) in [7, 11) is 2.13. The summed E-state index contributed by atoms with van der Waals surface area (Å²) >= 11 is 0. The number of pyridine rings is 1. The highest BCUT2D eigenvalue weighted by Crippen LogP contribution is 2.25. The number of H-pyrrole nitrogens is 1. The van der Waals surface area contributed by atoms with Gasteiger partial charge in [0.05, 0.1) is 11.1 Å². The molecule has 164 valence electrons. The summed E-state index contributed by atoms with van der Waals surface area (Å²) in [6, 6.07) is 10.4. The van der Waals surface area contributed by atoms with E-state index >= 15 is 0 Å². The number of hydrogen-bond acceptors (Lipinski definition) is 4. The number of rotatable bonds is 8. The summed E-state index contributed by atoms with van der Waals surface area (Å²) in [4.78, 5) is 27.6. The zero-order valence-corrected chi connectivity index (χ0v) is 18.7. The second-order valence-electron chi connectivity index (χ2n) is 8.63. The molecule has 1 aromatic carbocycles. The molecule has 0 bridgehead atoms. The number of carbonyl (C=O) groups excluding carboxylic acids is 1. The molecule has 1 amide bonds. The number of nitrogens with one attached hydrogen (secondary N) is 2. The van der Waals surface area contributed by atoms with Crippen molar-refractivity contribution in [2.75, 3.05) is 18.5 Å². The number of nitrogens with zero attached hydrogens (tertiary/aromatic N) is 3. The lowest BCUT2D eigenvalue weighted by molar-refractivity contribution is 0.0929. The monoisotopic (exact) mass is 419 g/mol. The van der Waals surface area contributed by atoms with Crippen LogP contribution in [0.1, 0.15) is 68.6 Å². The zero-order chi connectivity index (χ0) is 21.6. The maximum Gasteiger partial charge on any atom is 0.253 e. The molecule has 0 aliphatic heterocycles. The van der Waals surface area contributed by atoms with Gasteiger partial charge in [-0.2, -0.15) is 0 Å². The summed E-state index contributed by atoms with van der Waals surface area (Å²) in [5, 5.41) is 3.20. The first-order valence-corrected chi connectivity index (χ1v) is 11.6. The average molecular weight is 420 g/mol. The smallest absolute Gasteiger partial charge is 0.253 e. The van der Waals surface area contributed by atoms with Gasteiger partial charge in [-0.1, -0.05) is 39.0 Å². The maximum atomic E-state index is 12.9. The third-order valence-corrected chi connectivity index (χ3v) is 6.26. The largest absolute Gasteiger partial charge is 0.375 e. The van der Waals surface area contributed by atoms with Crippen LogP contribution in [0.5, 0.6) is 0 Å². The molecule has 4 rings (SSSR count). The number of fused-ring (bicyclic) bond motifs is 1. The average Bonchev–Trinajstić information content (AvgIpc) is 3.24. The van der Waals surface area contributed by atoms with E-state index in [1.165, 1.54) is 44.2 Å². The van der Waals surface area contributed by atoms with Gasteiger partial charge < -0.3 is 15.2 Å². The number of unbranched alkanes of at least 4 members (excludes halogenated alkanes) is 2. The van der Waals surface area contributed by atoms with E-state index in [1.54, 1.807) is 12.3 Å². The molecular formula is C25H33N5O. The number of amides is 1. The van der Waals surface area contributed by atoms with Crippen LogP contribution in [-0.2, 0) is 0 Å². The Morgan fingerprint density at radius 2 is 1.90 bits per heavy atom. The predicted molar refractivity (Wildman–Crippen MR) is 126 cm³/mol. The van der Waals surface area contributed by atoms with E-state index in [4.69, 9.17) is 0 Å². The third kappa shape index (κ3) is 5.06. The second kappa shape index (κ2) is 9.94. The van der Waals surface area contributed by atoms with Crippen molar-refractivity contribution in [3.8, 4) is 11.4 Å². The lowest BCUT2D eigenvalue weighted by Gasteiger charge is -2.22. The highest BCUT2D eigenvalue weighted by atomic mass is 16.1. The Morgan fingerprint density at radius 3 is 2.65 bits per heavy atom. The molecule has 0 spiro atoms. The van der Waals surface area contributed by atoms with Crippen LogP contribution in [-0.4, -0.2) is 40.5 Å². The third-order valence-electron chi connectivity index (χ3n) is 6.26. The van der Waals surface area contributed by atoms with Gasteiger partial charge in [0.2, 0.25) is 0 Å².